The number of hydrogen-bond acceptors (Lipinski definition) is 7. The van der Waals surface area contributed by atoms with Crippen LogP contribution in [0.5, 0.6) is 0 Å². The molecule has 1 aliphatic heterocycles. The van der Waals surface area contributed by atoms with E-state index < -0.39 is 17.7 Å². The molecule has 3 rings (SSSR count). The standard InChI is InChI=1S/C16H18N4O5/c1-16(2)24-13(21)8(14(22)25-16)7-17-11-5-9-10(19-15(23)18-9)6-12(11)20(3)4/h5-7,17H,1-4H3,(H2,18,19,23). The first-order valence-electron chi connectivity index (χ1n) is 7.53. The molecule has 9 heteroatoms. The molecule has 0 spiro atoms. The van der Waals surface area contributed by atoms with Crippen molar-refractivity contribution >= 4 is 34.3 Å². The van der Waals surface area contributed by atoms with Crippen LogP contribution < -0.4 is 15.9 Å². The van der Waals surface area contributed by atoms with Crippen LogP contribution in [-0.4, -0.2) is 41.8 Å². The van der Waals surface area contributed by atoms with Crippen LogP contribution >= 0.6 is 0 Å². The fourth-order valence-corrected chi connectivity index (χ4v) is 2.48. The summed E-state index contributed by atoms with van der Waals surface area (Å²) in [5.74, 6) is -2.82. The molecule has 25 heavy (non-hydrogen) atoms. The Bertz CT molecular complexity index is 929. The maximum atomic E-state index is 12.0. The maximum absolute atomic E-state index is 12.0. The lowest BCUT2D eigenvalue weighted by atomic mass is 10.2. The Hall–Kier alpha value is -3.23. The molecule has 0 atom stereocenters. The van der Waals surface area contributed by atoms with E-state index in [2.05, 4.69) is 15.3 Å². The van der Waals surface area contributed by atoms with E-state index in [9.17, 15) is 14.4 Å². The third kappa shape index (κ3) is 3.21. The second-order valence-electron chi connectivity index (χ2n) is 6.27. The minimum atomic E-state index is -1.29. The highest BCUT2D eigenvalue weighted by Gasteiger charge is 2.39. The third-order valence-corrected chi connectivity index (χ3v) is 3.60. The molecule has 0 amide bonds. The number of benzene rings is 1. The predicted octanol–water partition coefficient (Wildman–Crippen LogP) is 1.05. The molecule has 1 saturated heterocycles. The van der Waals surface area contributed by atoms with Gasteiger partial charge in [0.15, 0.2) is 5.57 Å². The first-order chi connectivity index (χ1) is 11.7. The first kappa shape index (κ1) is 16.6. The second kappa shape index (κ2) is 5.69. The van der Waals surface area contributed by atoms with Gasteiger partial charge in [-0.2, -0.15) is 0 Å². The molecule has 2 aromatic rings. The lowest BCUT2D eigenvalue weighted by Gasteiger charge is -2.29. The van der Waals surface area contributed by atoms with Crippen LogP contribution in [-0.2, 0) is 19.1 Å². The van der Waals surface area contributed by atoms with Gasteiger partial charge >= 0.3 is 17.6 Å². The van der Waals surface area contributed by atoms with Crippen LogP contribution in [0.1, 0.15) is 13.8 Å². The Morgan fingerprint density at radius 2 is 1.60 bits per heavy atom. The fourth-order valence-electron chi connectivity index (χ4n) is 2.48. The number of ether oxygens (including phenoxy) is 2. The van der Waals surface area contributed by atoms with Gasteiger partial charge in [-0.05, 0) is 12.1 Å². The summed E-state index contributed by atoms with van der Waals surface area (Å²) in [7, 11) is 3.66. The lowest BCUT2D eigenvalue weighted by Crippen LogP contribution is -2.42. The van der Waals surface area contributed by atoms with Crippen molar-refractivity contribution in [1.82, 2.24) is 9.97 Å². The Kier molecular flexibility index (Phi) is 3.78. The number of nitrogens with one attached hydrogen (secondary N) is 3. The number of esters is 2. The Labute approximate surface area is 142 Å². The summed E-state index contributed by atoms with van der Waals surface area (Å²) in [5, 5.41) is 2.91. The molecular formula is C16H18N4O5. The monoisotopic (exact) mass is 346 g/mol. The van der Waals surface area contributed by atoms with Gasteiger partial charge in [0.25, 0.3) is 5.79 Å². The van der Waals surface area contributed by atoms with Gasteiger partial charge in [-0.3, -0.25) is 0 Å². The van der Waals surface area contributed by atoms with Gasteiger partial charge in [-0.1, -0.05) is 0 Å². The van der Waals surface area contributed by atoms with Crippen LogP contribution in [0.15, 0.2) is 28.7 Å². The number of carbonyl (C=O) groups is 2. The SMILES string of the molecule is CN(C)c1cc2[nH]c(=O)[nH]c2cc1NC=C1C(=O)OC(C)(C)OC1=O. The number of aromatic amines is 2. The Morgan fingerprint density at radius 1 is 1.04 bits per heavy atom. The number of carbonyl (C=O) groups excluding carboxylic acids is 2. The van der Waals surface area contributed by atoms with E-state index in [0.29, 0.717) is 16.7 Å². The molecule has 3 N–H and O–H groups in total. The first-order valence-corrected chi connectivity index (χ1v) is 7.53. The van der Waals surface area contributed by atoms with Crippen molar-refractivity contribution in [3.63, 3.8) is 0 Å². The van der Waals surface area contributed by atoms with Crippen molar-refractivity contribution in [2.24, 2.45) is 0 Å². The van der Waals surface area contributed by atoms with E-state index in [0.717, 1.165) is 5.69 Å². The smallest absolute Gasteiger partial charge is 0.350 e. The molecule has 1 fully saturated rings. The Morgan fingerprint density at radius 3 is 2.16 bits per heavy atom. The van der Waals surface area contributed by atoms with E-state index in [1.54, 1.807) is 12.1 Å². The molecule has 1 aromatic heterocycles. The summed E-state index contributed by atoms with van der Waals surface area (Å²) in [6, 6.07) is 3.47. The van der Waals surface area contributed by atoms with E-state index in [1.165, 1.54) is 20.0 Å². The number of fused-ring (bicyclic) bond motifs is 1. The van der Waals surface area contributed by atoms with Gasteiger partial charge in [-0.15, -0.1) is 0 Å². The molecule has 9 nitrogen and oxygen atoms in total. The molecule has 0 radical (unpaired) electrons. The van der Waals surface area contributed by atoms with Gasteiger partial charge in [0.1, 0.15) is 0 Å². The fraction of sp³-hybridized carbons (Fsp3) is 0.312. The van der Waals surface area contributed by atoms with Crippen molar-refractivity contribution in [3.05, 3.63) is 34.4 Å². The van der Waals surface area contributed by atoms with Crippen LogP contribution in [0.3, 0.4) is 0 Å². The average Bonchev–Trinajstić information content (AvgIpc) is 2.83. The number of aromatic nitrogens is 2. The quantitative estimate of drug-likeness (QED) is 0.432. The van der Waals surface area contributed by atoms with Crippen molar-refractivity contribution in [1.29, 1.82) is 0 Å². The van der Waals surface area contributed by atoms with Crippen molar-refractivity contribution < 1.29 is 19.1 Å². The van der Waals surface area contributed by atoms with Crippen molar-refractivity contribution in [2.45, 2.75) is 19.6 Å². The van der Waals surface area contributed by atoms with Gasteiger partial charge in [0.05, 0.1) is 22.4 Å². The van der Waals surface area contributed by atoms with Gasteiger partial charge in [0, 0.05) is 34.1 Å². The number of nitrogens with zero attached hydrogens (tertiary/aromatic N) is 1. The summed E-state index contributed by atoms with van der Waals surface area (Å²) in [6.45, 7) is 2.96. The predicted molar refractivity (Wildman–Crippen MR) is 91.2 cm³/mol. The van der Waals surface area contributed by atoms with Crippen LogP contribution in [0.2, 0.25) is 0 Å². The molecule has 0 unspecified atom stereocenters. The topological polar surface area (TPSA) is 117 Å². The summed E-state index contributed by atoms with van der Waals surface area (Å²) in [6.07, 6.45) is 1.23. The Balaban J connectivity index is 1.97. The second-order valence-corrected chi connectivity index (χ2v) is 6.27. The molecule has 132 valence electrons. The van der Waals surface area contributed by atoms with E-state index in [-0.39, 0.29) is 11.3 Å². The molecule has 1 aromatic carbocycles. The average molecular weight is 346 g/mol. The number of H-pyrrole nitrogens is 2. The molecule has 0 saturated carbocycles. The van der Waals surface area contributed by atoms with E-state index in [1.807, 2.05) is 19.0 Å². The summed E-state index contributed by atoms with van der Waals surface area (Å²) >= 11 is 0. The number of cyclic esters (lactones) is 2. The molecule has 0 bridgehead atoms. The van der Waals surface area contributed by atoms with Crippen LogP contribution in [0.25, 0.3) is 11.0 Å². The highest BCUT2D eigenvalue weighted by atomic mass is 16.7. The molecular weight excluding hydrogens is 328 g/mol. The zero-order valence-corrected chi connectivity index (χ0v) is 14.2. The van der Waals surface area contributed by atoms with Gasteiger partial charge in [0.2, 0.25) is 0 Å². The highest BCUT2D eigenvalue weighted by Crippen LogP contribution is 2.29. The lowest BCUT2D eigenvalue weighted by molar-refractivity contribution is -0.222. The summed E-state index contributed by atoms with van der Waals surface area (Å²) in [4.78, 5) is 42.6. The normalized spacial score (nSPS) is 16.4. The van der Waals surface area contributed by atoms with Gasteiger partial charge in [-0.25, -0.2) is 14.4 Å². The van der Waals surface area contributed by atoms with Gasteiger partial charge < -0.3 is 29.7 Å². The number of anilines is 2. The zero-order valence-electron chi connectivity index (χ0n) is 14.2. The maximum Gasteiger partial charge on any atom is 0.350 e. The third-order valence-electron chi connectivity index (χ3n) is 3.60. The van der Waals surface area contributed by atoms with E-state index in [4.69, 9.17) is 9.47 Å². The number of rotatable bonds is 3. The minimum Gasteiger partial charge on any atom is -0.419 e. The van der Waals surface area contributed by atoms with Crippen molar-refractivity contribution in [2.75, 3.05) is 24.3 Å². The van der Waals surface area contributed by atoms with Crippen LogP contribution in [0, 0.1) is 0 Å². The van der Waals surface area contributed by atoms with Crippen LogP contribution in [0.4, 0.5) is 11.4 Å². The van der Waals surface area contributed by atoms with E-state index >= 15 is 0 Å². The number of hydrogen-bond donors (Lipinski definition) is 3. The van der Waals surface area contributed by atoms with Crippen molar-refractivity contribution in [3.8, 4) is 0 Å². The summed E-state index contributed by atoms with van der Waals surface area (Å²) < 4.78 is 10.1. The molecule has 1 aliphatic rings. The summed E-state index contributed by atoms with van der Waals surface area (Å²) in [5.41, 5.74) is 2.00. The number of imidazole rings is 1. The highest BCUT2D eigenvalue weighted by molar-refractivity contribution is 6.15. The largest absolute Gasteiger partial charge is 0.419 e. The minimum absolute atomic E-state index is 0.244. The zero-order chi connectivity index (χ0) is 18.4. The molecule has 2 heterocycles. The molecule has 0 aliphatic carbocycles.